The molecule has 2 aliphatic rings. The minimum Gasteiger partial charge on any atom is -0.459 e. The van der Waals surface area contributed by atoms with Crippen molar-refractivity contribution >= 4 is 6.02 Å². The maximum absolute atomic E-state index is 5.81. The van der Waals surface area contributed by atoms with Crippen molar-refractivity contribution in [2.24, 2.45) is 4.99 Å². The summed E-state index contributed by atoms with van der Waals surface area (Å²) in [5, 5.41) is 0. The van der Waals surface area contributed by atoms with Crippen LogP contribution < -0.4 is 0 Å². The van der Waals surface area contributed by atoms with E-state index in [4.69, 9.17) is 4.74 Å². The highest BCUT2D eigenvalue weighted by Gasteiger charge is 2.44. The Morgan fingerprint density at radius 1 is 1.46 bits per heavy atom. The molecular weight excluding hydrogens is 164 g/mol. The topological polar surface area (TPSA) is 24.8 Å². The molecule has 1 heterocycles. The van der Waals surface area contributed by atoms with Gasteiger partial charge in [-0.25, -0.2) is 4.99 Å². The summed E-state index contributed by atoms with van der Waals surface area (Å²) in [4.78, 5) is 6.62. The average Bonchev–Trinajstić information content (AvgIpc) is 2.41. The van der Waals surface area contributed by atoms with Crippen molar-refractivity contribution in [3.8, 4) is 0 Å². The van der Waals surface area contributed by atoms with Crippen LogP contribution in [-0.2, 0) is 4.74 Å². The van der Waals surface area contributed by atoms with Gasteiger partial charge in [-0.05, 0) is 26.2 Å². The molecule has 74 valence electrons. The van der Waals surface area contributed by atoms with Gasteiger partial charge in [0.05, 0.1) is 0 Å². The van der Waals surface area contributed by atoms with Crippen molar-refractivity contribution in [2.75, 3.05) is 14.1 Å². The van der Waals surface area contributed by atoms with Crippen LogP contribution in [0.25, 0.3) is 0 Å². The number of fused-ring (bicyclic) bond motifs is 1. The number of ether oxygens (including phenoxy) is 1. The van der Waals surface area contributed by atoms with Crippen LogP contribution in [0.2, 0.25) is 0 Å². The van der Waals surface area contributed by atoms with E-state index in [1.807, 2.05) is 19.0 Å². The number of aliphatic imine (C=N–C) groups is 1. The minimum absolute atomic E-state index is 0.0673. The second-order valence-electron chi connectivity index (χ2n) is 4.50. The third kappa shape index (κ3) is 1.40. The van der Waals surface area contributed by atoms with Gasteiger partial charge < -0.3 is 9.64 Å². The maximum Gasteiger partial charge on any atom is 0.287 e. The van der Waals surface area contributed by atoms with Crippen LogP contribution in [0.4, 0.5) is 0 Å². The molecule has 0 unspecified atom stereocenters. The second-order valence-corrected chi connectivity index (χ2v) is 4.50. The highest BCUT2D eigenvalue weighted by atomic mass is 16.5. The molecule has 0 N–H and O–H groups in total. The Morgan fingerprint density at radius 2 is 2.23 bits per heavy atom. The predicted molar refractivity (Wildman–Crippen MR) is 52.9 cm³/mol. The van der Waals surface area contributed by atoms with Crippen LogP contribution in [0.3, 0.4) is 0 Å². The summed E-state index contributed by atoms with van der Waals surface area (Å²) in [6.45, 7) is 2.22. The van der Waals surface area contributed by atoms with Crippen molar-refractivity contribution in [3.05, 3.63) is 0 Å². The Labute approximate surface area is 79.8 Å². The molecule has 1 fully saturated rings. The van der Waals surface area contributed by atoms with Gasteiger partial charge in [-0.2, -0.15) is 0 Å². The van der Waals surface area contributed by atoms with E-state index in [-0.39, 0.29) is 5.54 Å². The van der Waals surface area contributed by atoms with Gasteiger partial charge in [-0.1, -0.05) is 6.42 Å². The first-order valence-electron chi connectivity index (χ1n) is 5.06. The van der Waals surface area contributed by atoms with Crippen LogP contribution in [-0.4, -0.2) is 36.7 Å². The second kappa shape index (κ2) is 2.89. The van der Waals surface area contributed by atoms with E-state index in [0.29, 0.717) is 6.10 Å². The molecule has 0 aromatic carbocycles. The smallest absolute Gasteiger partial charge is 0.287 e. The lowest BCUT2D eigenvalue weighted by atomic mass is 9.82. The van der Waals surface area contributed by atoms with Crippen molar-refractivity contribution < 1.29 is 4.74 Å². The zero-order chi connectivity index (χ0) is 9.47. The summed E-state index contributed by atoms with van der Waals surface area (Å²) in [7, 11) is 3.97. The van der Waals surface area contributed by atoms with E-state index in [1.165, 1.54) is 19.3 Å². The highest BCUT2D eigenvalue weighted by molar-refractivity contribution is 5.76. The van der Waals surface area contributed by atoms with Crippen LogP contribution >= 0.6 is 0 Å². The SMILES string of the molecule is CN(C)C1=N[C@]2(C)CCCC[C@@H]2O1. The standard InChI is InChI=1S/C10H18N2O/c1-10-7-5-4-6-8(10)13-9(11-10)12(2)3/h8H,4-7H2,1-3H3/t8-,10+/m0/s1. The van der Waals surface area contributed by atoms with Gasteiger partial charge in [0, 0.05) is 14.1 Å². The summed E-state index contributed by atoms with van der Waals surface area (Å²) >= 11 is 0. The number of nitrogens with zero attached hydrogens (tertiary/aromatic N) is 2. The molecule has 0 aromatic rings. The molecule has 0 radical (unpaired) electrons. The van der Waals surface area contributed by atoms with E-state index in [2.05, 4.69) is 11.9 Å². The van der Waals surface area contributed by atoms with Gasteiger partial charge >= 0.3 is 0 Å². The molecule has 2 atom stereocenters. The van der Waals surface area contributed by atoms with Crippen molar-refractivity contribution in [2.45, 2.75) is 44.2 Å². The molecule has 3 nitrogen and oxygen atoms in total. The normalized spacial score (nSPS) is 37.8. The van der Waals surface area contributed by atoms with E-state index >= 15 is 0 Å². The van der Waals surface area contributed by atoms with Gasteiger partial charge in [0.1, 0.15) is 11.6 Å². The van der Waals surface area contributed by atoms with Gasteiger partial charge in [-0.15, -0.1) is 0 Å². The zero-order valence-electron chi connectivity index (χ0n) is 8.71. The molecule has 3 heteroatoms. The first kappa shape index (κ1) is 8.85. The summed E-state index contributed by atoms with van der Waals surface area (Å²) in [5.41, 5.74) is 0.0673. The molecule has 1 saturated carbocycles. The molecular formula is C10H18N2O. The predicted octanol–water partition coefficient (Wildman–Crippen LogP) is 1.64. The fourth-order valence-corrected chi connectivity index (χ4v) is 2.18. The van der Waals surface area contributed by atoms with Gasteiger partial charge in [0.15, 0.2) is 0 Å². The fourth-order valence-electron chi connectivity index (χ4n) is 2.18. The molecule has 1 aliphatic heterocycles. The van der Waals surface area contributed by atoms with E-state index in [1.54, 1.807) is 0 Å². The van der Waals surface area contributed by atoms with Gasteiger partial charge in [0.25, 0.3) is 6.02 Å². The largest absolute Gasteiger partial charge is 0.459 e. The Bertz CT molecular complexity index is 237. The lowest BCUT2D eigenvalue weighted by Crippen LogP contribution is -2.38. The molecule has 0 bridgehead atoms. The van der Waals surface area contributed by atoms with Gasteiger partial charge in [0.2, 0.25) is 0 Å². The number of rotatable bonds is 0. The van der Waals surface area contributed by atoms with Crippen molar-refractivity contribution in [1.82, 2.24) is 4.90 Å². The molecule has 0 spiro atoms. The number of hydrogen-bond donors (Lipinski definition) is 0. The molecule has 0 saturated heterocycles. The van der Waals surface area contributed by atoms with Crippen LogP contribution in [0.15, 0.2) is 4.99 Å². The first-order chi connectivity index (χ1) is 6.12. The Hall–Kier alpha value is -0.730. The van der Waals surface area contributed by atoms with Crippen LogP contribution in [0.5, 0.6) is 0 Å². The Balaban J connectivity index is 2.17. The third-order valence-corrected chi connectivity index (χ3v) is 3.07. The quantitative estimate of drug-likeness (QED) is 0.569. The molecule has 2 rings (SSSR count). The van der Waals surface area contributed by atoms with Crippen LogP contribution in [0, 0.1) is 0 Å². The molecule has 0 amide bonds. The van der Waals surface area contributed by atoms with E-state index in [0.717, 1.165) is 12.4 Å². The summed E-state index contributed by atoms with van der Waals surface area (Å²) < 4.78 is 5.81. The highest BCUT2D eigenvalue weighted by Crippen LogP contribution is 2.38. The Kier molecular flexibility index (Phi) is 1.97. The van der Waals surface area contributed by atoms with Crippen LogP contribution in [0.1, 0.15) is 32.6 Å². The van der Waals surface area contributed by atoms with E-state index in [9.17, 15) is 0 Å². The first-order valence-corrected chi connectivity index (χ1v) is 5.06. The minimum atomic E-state index is 0.0673. The van der Waals surface area contributed by atoms with Crippen molar-refractivity contribution in [3.63, 3.8) is 0 Å². The number of hydrogen-bond acceptors (Lipinski definition) is 3. The third-order valence-electron chi connectivity index (χ3n) is 3.07. The Morgan fingerprint density at radius 3 is 2.85 bits per heavy atom. The zero-order valence-corrected chi connectivity index (χ0v) is 8.71. The lowest BCUT2D eigenvalue weighted by Gasteiger charge is -2.31. The molecule has 13 heavy (non-hydrogen) atoms. The van der Waals surface area contributed by atoms with Gasteiger partial charge in [-0.3, -0.25) is 0 Å². The average molecular weight is 182 g/mol. The number of amidine groups is 1. The lowest BCUT2D eigenvalue weighted by molar-refractivity contribution is 0.0933. The molecule has 1 aliphatic carbocycles. The molecule has 0 aromatic heterocycles. The van der Waals surface area contributed by atoms with E-state index < -0.39 is 0 Å². The van der Waals surface area contributed by atoms with Crippen molar-refractivity contribution in [1.29, 1.82) is 0 Å². The summed E-state index contributed by atoms with van der Waals surface area (Å²) in [6.07, 6.45) is 5.25. The summed E-state index contributed by atoms with van der Waals surface area (Å²) in [6, 6.07) is 0.814. The maximum atomic E-state index is 5.81. The fraction of sp³-hybridized carbons (Fsp3) is 0.900. The monoisotopic (exact) mass is 182 g/mol. The summed E-state index contributed by atoms with van der Waals surface area (Å²) in [5.74, 6) is 0.